The lowest BCUT2D eigenvalue weighted by atomic mass is 10.0. The van der Waals surface area contributed by atoms with Crippen LogP contribution in [0.2, 0.25) is 0 Å². The molecule has 3 aromatic carbocycles. The van der Waals surface area contributed by atoms with E-state index in [0.717, 1.165) is 11.1 Å². The number of ether oxygens (including phenoxy) is 2. The number of nitrogens with zero attached hydrogens (tertiary/aromatic N) is 3. The molecule has 3 aromatic rings. The van der Waals surface area contributed by atoms with Crippen LogP contribution in [0.15, 0.2) is 89.8 Å². The number of benzene rings is 3. The van der Waals surface area contributed by atoms with Gasteiger partial charge in [-0.3, -0.25) is 9.59 Å². The summed E-state index contributed by atoms with van der Waals surface area (Å²) in [6, 6.07) is 25.3. The number of hydrogen-bond donors (Lipinski definition) is 0. The van der Waals surface area contributed by atoms with Crippen LogP contribution >= 0.6 is 0 Å². The first-order valence-corrected chi connectivity index (χ1v) is 16.1. The highest BCUT2D eigenvalue weighted by Crippen LogP contribution is 2.23. The molecule has 10 heteroatoms. The predicted octanol–water partition coefficient (Wildman–Crippen LogP) is 4.33. The molecule has 0 bridgehead atoms. The quantitative estimate of drug-likeness (QED) is 0.271. The molecule has 0 aliphatic carbocycles. The van der Waals surface area contributed by atoms with E-state index >= 15 is 0 Å². The molecule has 0 atom stereocenters. The molecule has 1 heterocycles. The van der Waals surface area contributed by atoms with Gasteiger partial charge in [-0.2, -0.15) is 4.31 Å². The molecule has 1 fully saturated rings. The summed E-state index contributed by atoms with van der Waals surface area (Å²) in [4.78, 5) is 30.5. The van der Waals surface area contributed by atoms with Gasteiger partial charge in [0, 0.05) is 32.2 Å². The van der Waals surface area contributed by atoms with Crippen LogP contribution < -0.4 is 4.74 Å². The van der Waals surface area contributed by atoms with Crippen molar-refractivity contribution in [3.05, 3.63) is 96.1 Å². The maximum absolute atomic E-state index is 13.9. The molecule has 0 unspecified atom stereocenters. The summed E-state index contributed by atoms with van der Waals surface area (Å²) >= 11 is 0. The summed E-state index contributed by atoms with van der Waals surface area (Å²) in [5, 5.41) is 0. The van der Waals surface area contributed by atoms with E-state index in [0.29, 0.717) is 51.3 Å². The van der Waals surface area contributed by atoms with Gasteiger partial charge in [0.1, 0.15) is 12.4 Å². The van der Waals surface area contributed by atoms with Gasteiger partial charge in [-0.25, -0.2) is 8.42 Å². The molecule has 0 aromatic heterocycles. The van der Waals surface area contributed by atoms with Crippen LogP contribution in [0.3, 0.4) is 0 Å². The maximum atomic E-state index is 13.9. The fourth-order valence-corrected chi connectivity index (χ4v) is 6.72. The molecule has 2 amide bonds. The Balaban J connectivity index is 1.44. The summed E-state index contributed by atoms with van der Waals surface area (Å²) < 4.78 is 39.1. The molecule has 0 saturated carbocycles. The van der Waals surface area contributed by atoms with E-state index in [4.69, 9.17) is 9.47 Å². The van der Waals surface area contributed by atoms with E-state index in [1.54, 1.807) is 47.2 Å². The van der Waals surface area contributed by atoms with Crippen LogP contribution in [0.1, 0.15) is 37.3 Å². The number of sulfonamides is 1. The number of rotatable bonds is 14. The van der Waals surface area contributed by atoms with E-state index in [1.807, 2.05) is 61.5 Å². The number of amides is 2. The highest BCUT2D eigenvalue weighted by atomic mass is 32.2. The standard InChI is InChI=1S/C33H41N3O6S/c1-3-20-35(43(39,40)31-12-8-5-9-13-31)24-32(37)36(23-27-14-16-30(41-2)17-15-27)29-18-21-34(22-19-29)33(38)26-42-25-28-10-6-4-7-11-28/h4-17,29H,3,18-26H2,1-2H3. The van der Waals surface area contributed by atoms with Crippen molar-refractivity contribution >= 4 is 21.8 Å². The summed E-state index contributed by atoms with van der Waals surface area (Å²) in [5.74, 6) is 0.372. The normalized spacial score (nSPS) is 14.1. The second-order valence-electron chi connectivity index (χ2n) is 10.6. The molecule has 43 heavy (non-hydrogen) atoms. The molecule has 0 radical (unpaired) electrons. The Kier molecular flexibility index (Phi) is 11.7. The van der Waals surface area contributed by atoms with Gasteiger partial charge >= 0.3 is 0 Å². The molecule has 1 aliphatic heterocycles. The molecule has 0 N–H and O–H groups in total. The van der Waals surface area contributed by atoms with Gasteiger partial charge in [-0.1, -0.05) is 67.6 Å². The molecule has 4 rings (SSSR count). The molecule has 0 spiro atoms. The van der Waals surface area contributed by atoms with Crippen LogP contribution in [-0.4, -0.2) is 80.3 Å². The van der Waals surface area contributed by atoms with Crippen molar-refractivity contribution in [2.45, 2.75) is 50.3 Å². The third kappa shape index (κ3) is 8.89. The first-order chi connectivity index (χ1) is 20.8. The monoisotopic (exact) mass is 607 g/mol. The van der Waals surface area contributed by atoms with Gasteiger partial charge in [-0.05, 0) is 54.7 Å². The fraction of sp³-hybridized carbons (Fsp3) is 0.394. The zero-order chi connectivity index (χ0) is 30.7. The zero-order valence-corrected chi connectivity index (χ0v) is 25.7. The van der Waals surface area contributed by atoms with Crippen molar-refractivity contribution in [1.29, 1.82) is 0 Å². The van der Waals surface area contributed by atoms with Crippen molar-refractivity contribution in [3.63, 3.8) is 0 Å². The van der Waals surface area contributed by atoms with Crippen LogP contribution in [-0.2, 0) is 37.5 Å². The fourth-order valence-electron chi connectivity index (χ4n) is 5.21. The minimum atomic E-state index is -3.85. The molecular formula is C33H41N3O6S. The van der Waals surface area contributed by atoms with Gasteiger partial charge in [0.15, 0.2) is 0 Å². The minimum absolute atomic E-state index is 0.00260. The third-order valence-electron chi connectivity index (χ3n) is 7.59. The summed E-state index contributed by atoms with van der Waals surface area (Å²) in [6.45, 7) is 3.54. The smallest absolute Gasteiger partial charge is 0.248 e. The summed E-state index contributed by atoms with van der Waals surface area (Å²) in [5.41, 5.74) is 1.92. The van der Waals surface area contributed by atoms with Gasteiger partial charge in [-0.15, -0.1) is 0 Å². The number of carbonyl (C=O) groups excluding carboxylic acids is 2. The van der Waals surface area contributed by atoms with Crippen molar-refractivity contribution in [2.24, 2.45) is 0 Å². The van der Waals surface area contributed by atoms with Gasteiger partial charge in [0.2, 0.25) is 21.8 Å². The third-order valence-corrected chi connectivity index (χ3v) is 9.45. The first-order valence-electron chi connectivity index (χ1n) is 14.7. The Hall–Kier alpha value is -3.73. The molecule has 1 saturated heterocycles. The SMILES string of the molecule is CCCN(CC(=O)N(Cc1ccc(OC)cc1)C1CCN(C(=O)COCc2ccccc2)CC1)S(=O)(=O)c1ccccc1. The Labute approximate surface area is 255 Å². The Morgan fingerprint density at radius 3 is 2.12 bits per heavy atom. The van der Waals surface area contributed by atoms with Crippen LogP contribution in [0.4, 0.5) is 0 Å². The lowest BCUT2D eigenvalue weighted by Crippen LogP contribution is -2.51. The largest absolute Gasteiger partial charge is 0.497 e. The number of methoxy groups -OCH3 is 1. The van der Waals surface area contributed by atoms with Gasteiger partial charge < -0.3 is 19.3 Å². The number of hydrogen-bond acceptors (Lipinski definition) is 6. The molecule has 230 valence electrons. The average molecular weight is 608 g/mol. The highest BCUT2D eigenvalue weighted by molar-refractivity contribution is 7.89. The molecule has 9 nitrogen and oxygen atoms in total. The minimum Gasteiger partial charge on any atom is -0.497 e. The van der Waals surface area contributed by atoms with Crippen LogP contribution in [0.25, 0.3) is 0 Å². The summed E-state index contributed by atoms with van der Waals surface area (Å²) in [6.07, 6.45) is 1.75. The van der Waals surface area contributed by atoms with E-state index in [-0.39, 0.29) is 42.4 Å². The van der Waals surface area contributed by atoms with Crippen molar-refractivity contribution in [3.8, 4) is 5.75 Å². The Morgan fingerprint density at radius 2 is 1.51 bits per heavy atom. The van der Waals surface area contributed by atoms with Crippen molar-refractivity contribution < 1.29 is 27.5 Å². The molecular weight excluding hydrogens is 566 g/mol. The molecule has 1 aliphatic rings. The number of piperidine rings is 1. The zero-order valence-electron chi connectivity index (χ0n) is 24.9. The summed E-state index contributed by atoms with van der Waals surface area (Å²) in [7, 11) is -2.25. The van der Waals surface area contributed by atoms with Crippen LogP contribution in [0.5, 0.6) is 5.75 Å². The first kappa shape index (κ1) is 32.2. The topological polar surface area (TPSA) is 96.5 Å². The van der Waals surface area contributed by atoms with E-state index in [9.17, 15) is 18.0 Å². The second-order valence-corrected chi connectivity index (χ2v) is 12.5. The Bertz CT molecular complexity index is 1410. The predicted molar refractivity (Wildman–Crippen MR) is 165 cm³/mol. The van der Waals surface area contributed by atoms with Crippen molar-refractivity contribution in [2.75, 3.05) is 39.9 Å². The van der Waals surface area contributed by atoms with Gasteiger partial charge in [0.05, 0.1) is 25.2 Å². The Morgan fingerprint density at radius 1 is 0.884 bits per heavy atom. The van der Waals surface area contributed by atoms with E-state index < -0.39 is 10.0 Å². The van der Waals surface area contributed by atoms with E-state index in [1.165, 1.54) is 4.31 Å². The second kappa shape index (κ2) is 15.7. The average Bonchev–Trinajstić information content (AvgIpc) is 3.04. The number of carbonyl (C=O) groups is 2. The lowest BCUT2D eigenvalue weighted by molar-refractivity contribution is -0.140. The lowest BCUT2D eigenvalue weighted by Gasteiger charge is -2.39. The van der Waals surface area contributed by atoms with E-state index in [2.05, 4.69) is 0 Å². The maximum Gasteiger partial charge on any atom is 0.248 e. The highest BCUT2D eigenvalue weighted by Gasteiger charge is 2.33. The van der Waals surface area contributed by atoms with Gasteiger partial charge in [0.25, 0.3) is 0 Å². The van der Waals surface area contributed by atoms with Crippen LogP contribution in [0, 0.1) is 0 Å². The number of likely N-dealkylation sites (tertiary alicyclic amines) is 1. The van der Waals surface area contributed by atoms with Crippen molar-refractivity contribution in [1.82, 2.24) is 14.1 Å².